The second kappa shape index (κ2) is 6.72. The van der Waals surface area contributed by atoms with Crippen LogP contribution in [0.3, 0.4) is 0 Å². The number of rotatable bonds is 4. The molecule has 0 radical (unpaired) electrons. The number of amides is 1. The van der Waals surface area contributed by atoms with Crippen LogP contribution in [0.5, 0.6) is 0 Å². The van der Waals surface area contributed by atoms with Crippen LogP contribution in [-0.2, 0) is 0 Å². The van der Waals surface area contributed by atoms with Crippen LogP contribution in [0.4, 0.5) is 0 Å². The molecule has 3 heterocycles. The summed E-state index contributed by atoms with van der Waals surface area (Å²) in [4.78, 5) is 18.2. The maximum absolute atomic E-state index is 12.6. The Kier molecular flexibility index (Phi) is 4.73. The largest absolute Gasteiger partial charge is 0.335 e. The smallest absolute Gasteiger partial charge is 0.264 e. The van der Waals surface area contributed by atoms with Gasteiger partial charge in [0.1, 0.15) is 0 Å². The van der Waals surface area contributed by atoms with Gasteiger partial charge in [0.2, 0.25) is 0 Å². The lowest BCUT2D eigenvalue weighted by Crippen LogP contribution is -2.44. The van der Waals surface area contributed by atoms with Crippen molar-refractivity contribution >= 4 is 17.2 Å². The van der Waals surface area contributed by atoms with Crippen molar-refractivity contribution in [3.63, 3.8) is 0 Å². The van der Waals surface area contributed by atoms with Crippen molar-refractivity contribution in [1.29, 1.82) is 0 Å². The summed E-state index contributed by atoms with van der Waals surface area (Å²) in [5.74, 6) is 0.256. The number of hydrogen-bond acceptors (Lipinski definition) is 3. The molecule has 0 aromatic carbocycles. The quantitative estimate of drug-likeness (QED) is 0.850. The summed E-state index contributed by atoms with van der Waals surface area (Å²) in [5, 5.41) is 2.00. The molecule has 110 valence electrons. The fourth-order valence-electron chi connectivity index (χ4n) is 3.45. The Morgan fingerprint density at radius 3 is 2.75 bits per heavy atom. The van der Waals surface area contributed by atoms with Crippen molar-refractivity contribution in [2.75, 3.05) is 26.2 Å². The monoisotopic (exact) mass is 292 g/mol. The van der Waals surface area contributed by atoms with Gasteiger partial charge in [0.25, 0.3) is 5.91 Å². The van der Waals surface area contributed by atoms with Crippen LogP contribution in [0.25, 0.3) is 0 Å². The zero-order valence-electron chi connectivity index (χ0n) is 12.1. The van der Waals surface area contributed by atoms with Crippen molar-refractivity contribution in [1.82, 2.24) is 9.80 Å². The van der Waals surface area contributed by atoms with Gasteiger partial charge in [-0.25, -0.2) is 0 Å². The van der Waals surface area contributed by atoms with E-state index >= 15 is 0 Å². The number of carbonyl (C=O) groups is 1. The van der Waals surface area contributed by atoms with Crippen LogP contribution in [0.1, 0.15) is 48.2 Å². The highest BCUT2D eigenvalue weighted by Crippen LogP contribution is 2.24. The second-order valence-corrected chi connectivity index (χ2v) is 6.91. The van der Waals surface area contributed by atoms with Crippen LogP contribution in [-0.4, -0.2) is 47.9 Å². The summed E-state index contributed by atoms with van der Waals surface area (Å²) in [6.07, 6.45) is 7.48. The SMILES string of the molecule is O=C(c1cccs1)N1CCCC[C@@H]1CCN1CCCC1. The first-order chi connectivity index (χ1) is 9.84. The van der Waals surface area contributed by atoms with Gasteiger partial charge in [-0.05, 0) is 63.1 Å². The number of hydrogen-bond donors (Lipinski definition) is 0. The zero-order chi connectivity index (χ0) is 13.8. The van der Waals surface area contributed by atoms with Crippen molar-refractivity contribution in [3.05, 3.63) is 22.4 Å². The standard InChI is InChI=1S/C16H24N2OS/c19-16(15-7-5-13-20-15)18-11-2-1-6-14(18)8-12-17-9-3-4-10-17/h5,7,13-14H,1-4,6,8-12H2/t14-/m1/s1. The van der Waals surface area contributed by atoms with Crippen LogP contribution in [0.2, 0.25) is 0 Å². The Hall–Kier alpha value is -0.870. The minimum absolute atomic E-state index is 0.256. The molecule has 1 atom stereocenters. The number of nitrogens with zero attached hydrogens (tertiary/aromatic N) is 2. The Morgan fingerprint density at radius 2 is 2.00 bits per heavy atom. The Labute approximate surface area is 125 Å². The van der Waals surface area contributed by atoms with Crippen LogP contribution < -0.4 is 0 Å². The normalized spacial score (nSPS) is 24.2. The maximum Gasteiger partial charge on any atom is 0.264 e. The van der Waals surface area contributed by atoms with E-state index in [1.165, 1.54) is 45.3 Å². The molecule has 2 aliphatic heterocycles. The molecule has 3 rings (SSSR count). The number of thiophene rings is 1. The van der Waals surface area contributed by atoms with Gasteiger partial charge < -0.3 is 9.80 Å². The second-order valence-electron chi connectivity index (χ2n) is 5.96. The van der Waals surface area contributed by atoms with E-state index < -0.39 is 0 Å². The lowest BCUT2D eigenvalue weighted by molar-refractivity contribution is 0.0593. The summed E-state index contributed by atoms with van der Waals surface area (Å²) in [6.45, 7) is 4.62. The third kappa shape index (κ3) is 3.23. The van der Waals surface area contributed by atoms with Crippen molar-refractivity contribution < 1.29 is 4.79 Å². The molecular weight excluding hydrogens is 268 g/mol. The molecule has 4 heteroatoms. The fraction of sp³-hybridized carbons (Fsp3) is 0.688. The summed E-state index contributed by atoms with van der Waals surface area (Å²) >= 11 is 1.57. The van der Waals surface area contributed by atoms with Crippen LogP contribution in [0, 0.1) is 0 Å². The number of piperidine rings is 1. The topological polar surface area (TPSA) is 23.6 Å². The molecule has 2 saturated heterocycles. The van der Waals surface area contributed by atoms with Gasteiger partial charge in [-0.1, -0.05) is 6.07 Å². The third-order valence-electron chi connectivity index (χ3n) is 4.60. The zero-order valence-corrected chi connectivity index (χ0v) is 12.9. The van der Waals surface area contributed by atoms with Gasteiger partial charge in [-0.2, -0.15) is 0 Å². The van der Waals surface area contributed by atoms with E-state index in [4.69, 9.17) is 0 Å². The maximum atomic E-state index is 12.6. The van der Waals surface area contributed by atoms with E-state index in [1.807, 2.05) is 17.5 Å². The highest BCUT2D eigenvalue weighted by Gasteiger charge is 2.28. The summed E-state index contributed by atoms with van der Waals surface area (Å²) in [5.41, 5.74) is 0. The fourth-order valence-corrected chi connectivity index (χ4v) is 4.13. The minimum Gasteiger partial charge on any atom is -0.335 e. The molecular formula is C16H24N2OS. The Bertz CT molecular complexity index is 426. The molecule has 20 heavy (non-hydrogen) atoms. The molecule has 0 saturated carbocycles. The van der Waals surface area contributed by atoms with Gasteiger partial charge >= 0.3 is 0 Å². The van der Waals surface area contributed by atoms with Gasteiger partial charge in [-0.3, -0.25) is 4.79 Å². The van der Waals surface area contributed by atoms with Gasteiger partial charge in [0.15, 0.2) is 0 Å². The van der Waals surface area contributed by atoms with Crippen molar-refractivity contribution in [2.45, 2.75) is 44.6 Å². The molecule has 2 fully saturated rings. The predicted octanol–water partition coefficient (Wildman–Crippen LogP) is 3.23. The van der Waals surface area contributed by atoms with Crippen LogP contribution in [0.15, 0.2) is 17.5 Å². The highest BCUT2D eigenvalue weighted by molar-refractivity contribution is 7.12. The molecule has 0 aliphatic carbocycles. The predicted molar refractivity (Wildman–Crippen MR) is 83.3 cm³/mol. The summed E-state index contributed by atoms with van der Waals surface area (Å²) in [6, 6.07) is 4.39. The molecule has 1 aromatic heterocycles. The molecule has 0 bridgehead atoms. The first-order valence-electron chi connectivity index (χ1n) is 7.91. The lowest BCUT2D eigenvalue weighted by Gasteiger charge is -2.36. The number of likely N-dealkylation sites (tertiary alicyclic amines) is 2. The Morgan fingerprint density at radius 1 is 1.20 bits per heavy atom. The van der Waals surface area contributed by atoms with E-state index in [9.17, 15) is 4.79 Å². The van der Waals surface area contributed by atoms with Gasteiger partial charge in [0.05, 0.1) is 4.88 Å². The van der Waals surface area contributed by atoms with Gasteiger partial charge in [0, 0.05) is 19.1 Å². The molecule has 1 aromatic rings. The van der Waals surface area contributed by atoms with Crippen LogP contribution >= 0.6 is 11.3 Å². The van der Waals surface area contributed by atoms with E-state index in [-0.39, 0.29) is 5.91 Å². The van der Waals surface area contributed by atoms with Crippen molar-refractivity contribution in [3.8, 4) is 0 Å². The van der Waals surface area contributed by atoms with E-state index in [0.717, 1.165) is 24.3 Å². The van der Waals surface area contributed by atoms with E-state index in [0.29, 0.717) is 6.04 Å². The summed E-state index contributed by atoms with van der Waals surface area (Å²) in [7, 11) is 0. The third-order valence-corrected chi connectivity index (χ3v) is 5.46. The number of carbonyl (C=O) groups excluding carboxylic acids is 1. The molecule has 1 amide bonds. The molecule has 0 unspecified atom stereocenters. The molecule has 3 nitrogen and oxygen atoms in total. The first-order valence-corrected chi connectivity index (χ1v) is 8.79. The summed E-state index contributed by atoms with van der Waals surface area (Å²) < 4.78 is 0. The first kappa shape index (κ1) is 14.1. The average molecular weight is 292 g/mol. The van der Waals surface area contributed by atoms with E-state index in [1.54, 1.807) is 11.3 Å². The molecule has 0 N–H and O–H groups in total. The van der Waals surface area contributed by atoms with Gasteiger partial charge in [-0.15, -0.1) is 11.3 Å². The molecule has 2 aliphatic rings. The molecule has 0 spiro atoms. The average Bonchev–Trinajstić information content (AvgIpc) is 3.18. The van der Waals surface area contributed by atoms with E-state index in [2.05, 4.69) is 9.80 Å². The highest BCUT2D eigenvalue weighted by atomic mass is 32.1. The lowest BCUT2D eigenvalue weighted by atomic mass is 9.99. The minimum atomic E-state index is 0.256. The Balaban J connectivity index is 1.59. The van der Waals surface area contributed by atoms with Crippen molar-refractivity contribution in [2.24, 2.45) is 0 Å².